The molecule has 2 heterocycles. The SMILES string of the molecule is CCC(C)C(=O)N1CCC(Cc2cc(OC)ccc2F)CC1.CCCC(=O)N1CCC(Cc2cccc(OC)c2)CC1. The molecule has 0 bridgehead atoms. The van der Waals surface area contributed by atoms with Gasteiger partial charge in [0.25, 0.3) is 0 Å². The first kappa shape index (κ1) is 33.4. The largest absolute Gasteiger partial charge is 0.497 e. The number of hydrogen-bond acceptors (Lipinski definition) is 4. The Morgan fingerprint density at radius 3 is 2.05 bits per heavy atom. The van der Waals surface area contributed by atoms with Gasteiger partial charge in [-0.25, -0.2) is 4.39 Å². The van der Waals surface area contributed by atoms with Gasteiger partial charge >= 0.3 is 0 Å². The van der Waals surface area contributed by atoms with Gasteiger partial charge in [0.2, 0.25) is 11.8 Å². The predicted octanol–water partition coefficient (Wildman–Crippen LogP) is 6.94. The van der Waals surface area contributed by atoms with Gasteiger partial charge in [0.15, 0.2) is 0 Å². The van der Waals surface area contributed by atoms with Crippen LogP contribution in [0.2, 0.25) is 0 Å². The summed E-state index contributed by atoms with van der Waals surface area (Å²) in [4.78, 5) is 28.0. The minimum Gasteiger partial charge on any atom is -0.497 e. The van der Waals surface area contributed by atoms with E-state index in [1.54, 1.807) is 26.4 Å². The summed E-state index contributed by atoms with van der Waals surface area (Å²) in [6.45, 7) is 9.52. The summed E-state index contributed by atoms with van der Waals surface area (Å²) >= 11 is 0. The summed E-state index contributed by atoms with van der Waals surface area (Å²) < 4.78 is 24.3. The Hall–Kier alpha value is -3.09. The van der Waals surface area contributed by atoms with Gasteiger partial charge in [0.05, 0.1) is 14.2 Å². The zero-order valence-electron chi connectivity index (χ0n) is 26.4. The predicted molar refractivity (Wildman–Crippen MR) is 166 cm³/mol. The third-order valence-electron chi connectivity index (χ3n) is 8.81. The van der Waals surface area contributed by atoms with Gasteiger partial charge in [-0.2, -0.15) is 0 Å². The molecule has 0 aromatic heterocycles. The maximum absolute atomic E-state index is 13.9. The summed E-state index contributed by atoms with van der Waals surface area (Å²) in [5.74, 6) is 3.27. The Balaban J connectivity index is 0.000000231. The molecule has 42 heavy (non-hydrogen) atoms. The van der Waals surface area contributed by atoms with Gasteiger partial charge in [-0.1, -0.05) is 32.9 Å². The standard InChI is InChI=1S/C18H26FNO2.C17H25NO2/c1-4-13(2)18(21)20-9-7-14(8-10-20)11-15-12-16(22-3)5-6-17(15)19;1-3-5-17(19)18-10-8-14(9-11-18)12-15-6-4-7-16(13-15)20-2/h5-6,12-14H,4,7-11H2,1-3H3;4,6-7,13-14H,3,5,8-12H2,1-2H3. The van der Waals surface area contributed by atoms with E-state index in [0.29, 0.717) is 41.9 Å². The molecule has 2 fully saturated rings. The van der Waals surface area contributed by atoms with Crippen molar-refractivity contribution in [3.63, 3.8) is 0 Å². The van der Waals surface area contributed by atoms with Crippen molar-refractivity contribution in [3.8, 4) is 11.5 Å². The molecule has 2 saturated heterocycles. The highest BCUT2D eigenvalue weighted by molar-refractivity contribution is 5.78. The van der Waals surface area contributed by atoms with Gasteiger partial charge in [0.1, 0.15) is 17.3 Å². The molecule has 0 spiro atoms. The second-order valence-corrected chi connectivity index (χ2v) is 11.9. The second-order valence-electron chi connectivity index (χ2n) is 11.9. The summed E-state index contributed by atoms with van der Waals surface area (Å²) in [5.41, 5.74) is 2.05. The van der Waals surface area contributed by atoms with Crippen LogP contribution in [0.3, 0.4) is 0 Å². The van der Waals surface area contributed by atoms with Crippen molar-refractivity contribution < 1.29 is 23.5 Å². The molecule has 1 atom stereocenters. The van der Waals surface area contributed by atoms with E-state index in [1.165, 1.54) is 11.6 Å². The third-order valence-corrected chi connectivity index (χ3v) is 8.81. The minimum absolute atomic E-state index is 0.104. The van der Waals surface area contributed by atoms with Crippen LogP contribution in [-0.2, 0) is 22.4 Å². The average molecular weight is 583 g/mol. The first-order valence-corrected chi connectivity index (χ1v) is 15.8. The summed E-state index contributed by atoms with van der Waals surface area (Å²) in [5, 5.41) is 0. The fraction of sp³-hybridized carbons (Fsp3) is 0.600. The number of ether oxygens (including phenoxy) is 2. The highest BCUT2D eigenvalue weighted by Crippen LogP contribution is 2.27. The molecular weight excluding hydrogens is 531 g/mol. The number of nitrogens with zero attached hydrogens (tertiary/aromatic N) is 2. The molecule has 0 N–H and O–H groups in total. The number of likely N-dealkylation sites (tertiary alicyclic amines) is 2. The molecule has 4 rings (SSSR count). The molecule has 2 aliphatic heterocycles. The maximum atomic E-state index is 13.9. The van der Waals surface area contributed by atoms with Crippen LogP contribution in [0, 0.1) is 23.6 Å². The molecule has 2 amide bonds. The van der Waals surface area contributed by atoms with Crippen molar-refractivity contribution in [2.75, 3.05) is 40.4 Å². The maximum Gasteiger partial charge on any atom is 0.225 e. The lowest BCUT2D eigenvalue weighted by atomic mass is 9.89. The number of rotatable bonds is 10. The van der Waals surface area contributed by atoms with E-state index in [4.69, 9.17) is 9.47 Å². The number of amides is 2. The number of halogens is 1. The Morgan fingerprint density at radius 2 is 1.45 bits per heavy atom. The number of hydrogen-bond donors (Lipinski definition) is 0. The third kappa shape index (κ3) is 10.0. The topological polar surface area (TPSA) is 59.1 Å². The van der Waals surface area contributed by atoms with Crippen molar-refractivity contribution in [1.29, 1.82) is 0 Å². The monoisotopic (exact) mass is 582 g/mol. The van der Waals surface area contributed by atoms with E-state index < -0.39 is 0 Å². The summed E-state index contributed by atoms with van der Waals surface area (Å²) in [6, 6.07) is 13.2. The average Bonchev–Trinajstić information content (AvgIpc) is 3.02. The Labute approximate surface area is 252 Å². The van der Waals surface area contributed by atoms with Crippen molar-refractivity contribution >= 4 is 11.8 Å². The fourth-order valence-corrected chi connectivity index (χ4v) is 5.88. The van der Waals surface area contributed by atoms with E-state index in [2.05, 4.69) is 19.1 Å². The zero-order chi connectivity index (χ0) is 30.5. The summed E-state index contributed by atoms with van der Waals surface area (Å²) in [6.07, 6.45) is 8.45. The molecule has 0 saturated carbocycles. The van der Waals surface area contributed by atoms with Crippen molar-refractivity contribution in [2.24, 2.45) is 17.8 Å². The normalized spacial score (nSPS) is 16.8. The van der Waals surface area contributed by atoms with Crippen LogP contribution in [0.5, 0.6) is 11.5 Å². The number of benzene rings is 2. The highest BCUT2D eigenvalue weighted by Gasteiger charge is 2.26. The second kappa shape index (κ2) is 17.1. The Kier molecular flexibility index (Phi) is 13.6. The van der Waals surface area contributed by atoms with Gasteiger partial charge in [0, 0.05) is 38.5 Å². The highest BCUT2D eigenvalue weighted by atomic mass is 19.1. The van der Waals surface area contributed by atoms with Gasteiger partial charge in [-0.15, -0.1) is 0 Å². The van der Waals surface area contributed by atoms with Crippen LogP contribution in [0.1, 0.15) is 76.8 Å². The van der Waals surface area contributed by atoms with Crippen LogP contribution in [0.4, 0.5) is 4.39 Å². The Morgan fingerprint density at radius 1 is 0.857 bits per heavy atom. The smallest absolute Gasteiger partial charge is 0.225 e. The number of carbonyl (C=O) groups is 2. The van der Waals surface area contributed by atoms with Gasteiger partial charge in [-0.05, 0) is 105 Å². The number of carbonyl (C=O) groups excluding carboxylic acids is 2. The van der Waals surface area contributed by atoms with Crippen LogP contribution < -0.4 is 9.47 Å². The molecule has 2 aromatic rings. The van der Waals surface area contributed by atoms with Crippen LogP contribution >= 0.6 is 0 Å². The number of piperidine rings is 2. The van der Waals surface area contributed by atoms with E-state index in [1.807, 2.05) is 35.8 Å². The number of methoxy groups -OCH3 is 2. The molecule has 2 aromatic carbocycles. The lowest BCUT2D eigenvalue weighted by Crippen LogP contribution is -2.41. The lowest BCUT2D eigenvalue weighted by Gasteiger charge is -2.33. The van der Waals surface area contributed by atoms with Crippen LogP contribution in [-0.4, -0.2) is 62.0 Å². The molecular formula is C35H51FN2O4. The molecule has 0 aliphatic carbocycles. The van der Waals surface area contributed by atoms with Crippen molar-refractivity contribution in [1.82, 2.24) is 9.80 Å². The molecule has 232 valence electrons. The fourth-order valence-electron chi connectivity index (χ4n) is 5.88. The molecule has 2 aliphatic rings. The zero-order valence-corrected chi connectivity index (χ0v) is 26.4. The molecule has 6 nitrogen and oxygen atoms in total. The van der Waals surface area contributed by atoms with Crippen molar-refractivity contribution in [2.45, 2.75) is 78.6 Å². The van der Waals surface area contributed by atoms with E-state index in [0.717, 1.165) is 76.9 Å². The lowest BCUT2D eigenvalue weighted by molar-refractivity contribution is -0.136. The quantitative estimate of drug-likeness (QED) is 0.305. The first-order chi connectivity index (χ1) is 20.3. The van der Waals surface area contributed by atoms with Crippen molar-refractivity contribution in [3.05, 3.63) is 59.4 Å². The molecule has 1 unspecified atom stereocenters. The first-order valence-electron chi connectivity index (χ1n) is 15.8. The van der Waals surface area contributed by atoms with Crippen LogP contribution in [0.15, 0.2) is 42.5 Å². The Bertz CT molecular complexity index is 1120. The van der Waals surface area contributed by atoms with E-state index >= 15 is 0 Å². The van der Waals surface area contributed by atoms with Crippen LogP contribution in [0.25, 0.3) is 0 Å². The van der Waals surface area contributed by atoms with Gasteiger partial charge in [-0.3, -0.25) is 9.59 Å². The summed E-state index contributed by atoms with van der Waals surface area (Å²) in [7, 11) is 3.30. The molecule has 7 heteroatoms. The van der Waals surface area contributed by atoms with E-state index in [9.17, 15) is 14.0 Å². The van der Waals surface area contributed by atoms with E-state index in [-0.39, 0.29) is 17.6 Å². The van der Waals surface area contributed by atoms with Gasteiger partial charge < -0.3 is 19.3 Å². The molecule has 0 radical (unpaired) electrons. The minimum atomic E-state index is -0.168.